The molecule has 0 amide bonds. The fourth-order valence-corrected chi connectivity index (χ4v) is 5.33. The van der Waals surface area contributed by atoms with Gasteiger partial charge in [0.15, 0.2) is 0 Å². The summed E-state index contributed by atoms with van der Waals surface area (Å²) in [7, 11) is 0. The molecule has 1 N–H and O–H groups in total. The summed E-state index contributed by atoms with van der Waals surface area (Å²) in [6.07, 6.45) is 0.267. The number of ether oxygens (including phenoxy) is 2. The lowest BCUT2D eigenvalue weighted by molar-refractivity contribution is -0.384. The first-order valence-electron chi connectivity index (χ1n) is 13.1. The molecule has 9 heteroatoms. The maximum absolute atomic E-state index is 13.9. The van der Waals surface area contributed by atoms with Gasteiger partial charge in [-0.3, -0.25) is 15.0 Å². The molecule has 2 heterocycles. The Kier molecular flexibility index (Phi) is 8.20. The van der Waals surface area contributed by atoms with Gasteiger partial charge in [-0.25, -0.2) is 9.59 Å². The van der Waals surface area contributed by atoms with Crippen LogP contribution in [0.3, 0.4) is 0 Å². The van der Waals surface area contributed by atoms with Gasteiger partial charge in [0.25, 0.3) is 5.69 Å². The Hall–Kier alpha value is -3.98. The van der Waals surface area contributed by atoms with E-state index < -0.39 is 28.4 Å². The highest BCUT2D eigenvalue weighted by molar-refractivity contribution is 6.00. The van der Waals surface area contributed by atoms with Crippen LogP contribution < -0.4 is 5.32 Å². The molecule has 0 bridgehead atoms. The summed E-state index contributed by atoms with van der Waals surface area (Å²) in [6, 6.07) is 16.1. The molecule has 9 nitrogen and oxygen atoms in total. The third-order valence-electron chi connectivity index (χ3n) is 7.06. The number of nitro groups is 1. The van der Waals surface area contributed by atoms with Crippen LogP contribution in [-0.4, -0.2) is 46.6 Å². The number of benzene rings is 2. The van der Waals surface area contributed by atoms with Crippen LogP contribution in [0.1, 0.15) is 58.1 Å². The van der Waals surface area contributed by atoms with E-state index >= 15 is 0 Å². The number of hydrogen-bond donors (Lipinski definition) is 1. The number of likely N-dealkylation sites (tertiary alicyclic amines) is 1. The monoisotopic (exact) mass is 533 g/mol. The number of nitrogens with one attached hydrogen (secondary N) is 1. The smallest absolute Gasteiger partial charge is 0.337 e. The fourth-order valence-electron chi connectivity index (χ4n) is 5.33. The van der Waals surface area contributed by atoms with Gasteiger partial charge in [0.2, 0.25) is 0 Å². The van der Waals surface area contributed by atoms with E-state index in [1.807, 2.05) is 25.1 Å². The summed E-state index contributed by atoms with van der Waals surface area (Å²) < 4.78 is 11.7. The maximum atomic E-state index is 13.9. The first kappa shape index (κ1) is 28.0. The first-order valence-corrected chi connectivity index (χ1v) is 13.1. The Balaban J connectivity index is 1.65. The van der Waals surface area contributed by atoms with Crippen LogP contribution in [0, 0.1) is 10.1 Å². The van der Waals surface area contributed by atoms with Crippen molar-refractivity contribution in [3.63, 3.8) is 0 Å². The highest BCUT2D eigenvalue weighted by atomic mass is 16.6. The van der Waals surface area contributed by atoms with Gasteiger partial charge in [0.1, 0.15) is 5.60 Å². The van der Waals surface area contributed by atoms with Crippen molar-refractivity contribution in [2.45, 2.75) is 65.2 Å². The van der Waals surface area contributed by atoms with Crippen molar-refractivity contribution in [3.8, 4) is 0 Å². The highest BCUT2D eigenvalue weighted by Gasteiger charge is 2.43. The Labute approximate surface area is 228 Å². The van der Waals surface area contributed by atoms with Crippen molar-refractivity contribution in [2.75, 3.05) is 13.1 Å². The molecule has 0 saturated carbocycles. The molecule has 0 aliphatic carbocycles. The average Bonchev–Trinajstić information content (AvgIpc) is 3.23. The van der Waals surface area contributed by atoms with Crippen LogP contribution in [-0.2, 0) is 25.6 Å². The molecule has 1 fully saturated rings. The van der Waals surface area contributed by atoms with Crippen molar-refractivity contribution in [1.29, 1.82) is 0 Å². The van der Waals surface area contributed by atoms with Crippen LogP contribution in [0.5, 0.6) is 0 Å². The number of allylic oxidation sites excluding steroid dienone is 2. The Bertz CT molecular complexity index is 1330. The molecule has 4 rings (SSSR count). The van der Waals surface area contributed by atoms with Gasteiger partial charge in [0, 0.05) is 49.6 Å². The molecule has 39 heavy (non-hydrogen) atoms. The average molecular weight is 534 g/mol. The number of carbonyl (C=O) groups excluding carboxylic acids is 2. The minimum atomic E-state index is -0.893. The van der Waals surface area contributed by atoms with Crippen molar-refractivity contribution in [1.82, 2.24) is 10.2 Å². The summed E-state index contributed by atoms with van der Waals surface area (Å²) in [4.78, 5) is 40.5. The molecular formula is C30H35N3O6. The zero-order valence-electron chi connectivity index (χ0n) is 23.0. The highest BCUT2D eigenvalue weighted by Crippen LogP contribution is 2.41. The van der Waals surface area contributed by atoms with Gasteiger partial charge in [0.05, 0.1) is 28.1 Å². The van der Waals surface area contributed by atoms with Crippen LogP contribution >= 0.6 is 0 Å². The predicted molar refractivity (Wildman–Crippen MR) is 146 cm³/mol. The van der Waals surface area contributed by atoms with E-state index in [4.69, 9.17) is 9.47 Å². The Morgan fingerprint density at radius 2 is 1.74 bits per heavy atom. The molecule has 2 aromatic rings. The summed E-state index contributed by atoms with van der Waals surface area (Å²) in [5, 5.41) is 14.7. The third kappa shape index (κ3) is 6.37. The van der Waals surface area contributed by atoms with E-state index in [0.717, 1.165) is 13.1 Å². The zero-order chi connectivity index (χ0) is 28.3. The fraction of sp³-hybridized carbons (Fsp3) is 0.400. The number of carbonyl (C=O) groups is 2. The van der Waals surface area contributed by atoms with Crippen LogP contribution in [0.25, 0.3) is 0 Å². The molecule has 1 saturated heterocycles. The first-order chi connectivity index (χ1) is 18.5. The van der Waals surface area contributed by atoms with Crippen molar-refractivity contribution in [2.24, 2.45) is 0 Å². The summed E-state index contributed by atoms with van der Waals surface area (Å²) in [5.41, 5.74) is 2.26. The molecule has 0 spiro atoms. The van der Waals surface area contributed by atoms with Gasteiger partial charge in [-0.05, 0) is 45.7 Å². The molecule has 2 aromatic carbocycles. The van der Waals surface area contributed by atoms with E-state index in [0.29, 0.717) is 29.9 Å². The minimum Gasteiger partial charge on any atom is -0.460 e. The number of esters is 2. The Morgan fingerprint density at radius 1 is 1.08 bits per heavy atom. The van der Waals surface area contributed by atoms with Gasteiger partial charge in [-0.15, -0.1) is 0 Å². The second kappa shape index (κ2) is 11.4. The van der Waals surface area contributed by atoms with Crippen LogP contribution in [0.15, 0.2) is 77.1 Å². The quantitative estimate of drug-likeness (QED) is 0.287. The maximum Gasteiger partial charge on any atom is 0.337 e. The number of nitrogens with zero attached hydrogens (tertiary/aromatic N) is 2. The summed E-state index contributed by atoms with van der Waals surface area (Å²) >= 11 is 0. The molecule has 0 aromatic heterocycles. The summed E-state index contributed by atoms with van der Waals surface area (Å²) in [6.45, 7) is 11.0. The number of rotatable bonds is 8. The second-order valence-corrected chi connectivity index (χ2v) is 10.7. The van der Waals surface area contributed by atoms with E-state index in [-0.39, 0.29) is 22.9 Å². The lowest BCUT2D eigenvalue weighted by atomic mass is 9.80. The SMILES string of the molecule is CC1=C(C(=O)OC(C)C)C(c2cccc([N+](=O)[O-])c2)C(C(=O)O[C@@]2(C)CCN(Cc3ccccc3)C2)=C(C)N1. The molecule has 0 radical (unpaired) electrons. The lowest BCUT2D eigenvalue weighted by Gasteiger charge is -2.33. The molecule has 206 valence electrons. The van der Waals surface area contributed by atoms with Gasteiger partial charge >= 0.3 is 11.9 Å². The van der Waals surface area contributed by atoms with E-state index in [1.54, 1.807) is 39.8 Å². The van der Waals surface area contributed by atoms with Crippen molar-refractivity contribution in [3.05, 3.63) is 98.4 Å². The van der Waals surface area contributed by atoms with Crippen molar-refractivity contribution >= 4 is 17.6 Å². The largest absolute Gasteiger partial charge is 0.460 e. The normalized spacial score (nSPS) is 21.6. The molecule has 1 unspecified atom stereocenters. The molecule has 2 aliphatic rings. The number of nitro benzene ring substituents is 1. The standard InChI is InChI=1S/C30H35N3O6/c1-19(2)38-28(34)25-20(3)31-21(4)26(27(25)23-12-9-13-24(16-23)33(36)37)29(35)39-30(5)14-15-32(18-30)17-22-10-7-6-8-11-22/h6-13,16,19,27,31H,14-15,17-18H2,1-5H3/t27?,30-/m0/s1. The summed E-state index contributed by atoms with van der Waals surface area (Å²) in [5.74, 6) is -2.05. The number of non-ortho nitro benzene ring substituents is 1. The van der Waals surface area contributed by atoms with Gasteiger partial charge in [-0.2, -0.15) is 0 Å². The molecular weight excluding hydrogens is 498 g/mol. The van der Waals surface area contributed by atoms with E-state index in [1.165, 1.54) is 17.7 Å². The second-order valence-electron chi connectivity index (χ2n) is 10.7. The van der Waals surface area contributed by atoms with Gasteiger partial charge in [-0.1, -0.05) is 42.5 Å². The van der Waals surface area contributed by atoms with Crippen molar-refractivity contribution < 1.29 is 24.0 Å². The molecule has 2 aliphatic heterocycles. The lowest BCUT2D eigenvalue weighted by Crippen LogP contribution is -2.39. The topological polar surface area (TPSA) is 111 Å². The Morgan fingerprint density at radius 3 is 2.38 bits per heavy atom. The van der Waals surface area contributed by atoms with E-state index in [9.17, 15) is 19.7 Å². The predicted octanol–water partition coefficient (Wildman–Crippen LogP) is 4.99. The number of dihydropyridines is 1. The minimum absolute atomic E-state index is 0.134. The third-order valence-corrected chi connectivity index (χ3v) is 7.06. The number of hydrogen-bond acceptors (Lipinski definition) is 8. The van der Waals surface area contributed by atoms with Crippen LogP contribution in [0.2, 0.25) is 0 Å². The van der Waals surface area contributed by atoms with E-state index in [2.05, 4.69) is 22.3 Å². The van der Waals surface area contributed by atoms with Crippen LogP contribution in [0.4, 0.5) is 5.69 Å². The zero-order valence-corrected chi connectivity index (χ0v) is 23.0. The molecule has 2 atom stereocenters. The van der Waals surface area contributed by atoms with Gasteiger partial charge < -0.3 is 14.8 Å².